The Hall–Kier alpha value is -3.29. The molecule has 5 aromatic rings. The zero-order valence-corrected chi connectivity index (χ0v) is 22.6. The highest BCUT2D eigenvalue weighted by atomic mass is 127. The number of hydrogen-bond acceptors (Lipinski definition) is 7. The Labute approximate surface area is 226 Å². The summed E-state index contributed by atoms with van der Waals surface area (Å²) >= 11 is 2.17. The molecule has 0 aliphatic carbocycles. The molecule has 1 saturated heterocycles. The van der Waals surface area contributed by atoms with Crippen LogP contribution in [0.5, 0.6) is 0 Å². The summed E-state index contributed by atoms with van der Waals surface area (Å²) in [5.74, 6) is 0.413. The van der Waals surface area contributed by atoms with E-state index in [1.54, 1.807) is 10.6 Å². The molecule has 37 heavy (non-hydrogen) atoms. The molecular weight excluding hydrogens is 583 g/mol. The summed E-state index contributed by atoms with van der Waals surface area (Å²) in [5.41, 5.74) is 10.7. The monoisotopic (exact) mass is 610 g/mol. The lowest BCUT2D eigenvalue weighted by Gasteiger charge is -2.26. The van der Waals surface area contributed by atoms with Crippen LogP contribution in [0.15, 0.2) is 59.9 Å². The van der Waals surface area contributed by atoms with Crippen molar-refractivity contribution in [2.24, 2.45) is 0 Å². The van der Waals surface area contributed by atoms with Crippen molar-refractivity contribution in [2.75, 3.05) is 38.6 Å². The van der Waals surface area contributed by atoms with Crippen molar-refractivity contribution >= 4 is 45.0 Å². The molecule has 1 aliphatic heterocycles. The van der Waals surface area contributed by atoms with Crippen LogP contribution in [0.4, 0.5) is 5.82 Å². The smallest absolute Gasteiger partial charge is 0.251 e. The van der Waals surface area contributed by atoms with E-state index in [0.717, 1.165) is 64.3 Å². The molecule has 0 radical (unpaired) electrons. The summed E-state index contributed by atoms with van der Waals surface area (Å²) in [5, 5.41) is 5.52. The standard InChI is InChI=1S/C26H27IN8O2/c1-17(35-26-22(24(27)31-35)25(28)29-16-30-26)20-15-19-4-2-3-6-34(19)23(20)18-5-7-33(21(36)14-18)9-8-32-10-12-37-13-11-32/h2-7,14-17H,8-13H2,1H3,(H2,28,29,30). The van der Waals surface area contributed by atoms with Crippen LogP contribution in [0.2, 0.25) is 0 Å². The van der Waals surface area contributed by atoms with Crippen molar-refractivity contribution < 1.29 is 4.74 Å². The molecular formula is C26H27IN8O2. The van der Waals surface area contributed by atoms with E-state index < -0.39 is 0 Å². The van der Waals surface area contributed by atoms with Crippen molar-refractivity contribution in [3.8, 4) is 11.3 Å². The van der Waals surface area contributed by atoms with E-state index in [9.17, 15) is 4.79 Å². The molecule has 0 bridgehead atoms. The van der Waals surface area contributed by atoms with Crippen molar-refractivity contribution in [2.45, 2.75) is 19.5 Å². The Morgan fingerprint density at radius 1 is 1.11 bits per heavy atom. The zero-order valence-electron chi connectivity index (χ0n) is 20.4. The first-order valence-electron chi connectivity index (χ1n) is 12.3. The lowest BCUT2D eigenvalue weighted by Crippen LogP contribution is -2.39. The number of nitrogens with two attached hydrogens (primary N) is 1. The Morgan fingerprint density at radius 2 is 1.95 bits per heavy atom. The summed E-state index contributed by atoms with van der Waals surface area (Å²) in [7, 11) is 0. The van der Waals surface area contributed by atoms with Gasteiger partial charge in [-0.1, -0.05) is 6.07 Å². The molecule has 5 aromatic heterocycles. The molecule has 0 amide bonds. The molecule has 11 heteroatoms. The second-order valence-corrected chi connectivity index (χ2v) is 10.2. The summed E-state index contributed by atoms with van der Waals surface area (Å²) in [6.07, 6.45) is 5.39. The number of nitrogens with zero attached hydrogens (tertiary/aromatic N) is 7. The average Bonchev–Trinajstić information content (AvgIpc) is 3.47. The van der Waals surface area contributed by atoms with Crippen molar-refractivity contribution in [1.82, 2.24) is 33.6 Å². The van der Waals surface area contributed by atoms with Gasteiger partial charge in [0.05, 0.1) is 30.3 Å². The molecule has 1 fully saturated rings. The highest BCUT2D eigenvalue weighted by Crippen LogP contribution is 2.35. The second kappa shape index (κ2) is 9.88. The molecule has 1 aliphatic rings. The number of morpholine rings is 1. The number of rotatable bonds is 6. The van der Waals surface area contributed by atoms with Gasteiger partial charge in [-0.3, -0.25) is 9.69 Å². The maximum atomic E-state index is 13.2. The Kier molecular flexibility index (Phi) is 6.42. The fourth-order valence-electron chi connectivity index (χ4n) is 5.04. The predicted octanol–water partition coefficient (Wildman–Crippen LogP) is 3.04. The number of halogens is 1. The molecule has 1 unspecified atom stereocenters. The molecule has 0 aromatic carbocycles. The third-order valence-corrected chi connectivity index (χ3v) is 7.79. The fourth-order valence-corrected chi connectivity index (χ4v) is 5.79. The van der Waals surface area contributed by atoms with Gasteiger partial charge < -0.3 is 19.4 Å². The number of hydrogen-bond donors (Lipinski definition) is 1. The normalized spacial score (nSPS) is 15.5. The Bertz CT molecular complexity index is 1650. The highest BCUT2D eigenvalue weighted by molar-refractivity contribution is 14.1. The van der Waals surface area contributed by atoms with Crippen LogP contribution in [0, 0.1) is 3.70 Å². The van der Waals surface area contributed by atoms with Crippen LogP contribution in [0.1, 0.15) is 18.5 Å². The fraction of sp³-hybridized carbons (Fsp3) is 0.308. The van der Waals surface area contributed by atoms with Gasteiger partial charge in [0.25, 0.3) is 5.56 Å². The number of aromatic nitrogens is 6. The molecule has 2 N–H and O–H groups in total. The first kappa shape index (κ1) is 24.1. The van der Waals surface area contributed by atoms with E-state index in [4.69, 9.17) is 15.6 Å². The molecule has 6 heterocycles. The SMILES string of the molecule is CC(c1cc2ccccn2c1-c1ccn(CCN2CCOCC2)c(=O)c1)n1nc(I)c2c(N)ncnc21. The van der Waals surface area contributed by atoms with Gasteiger partial charge in [-0.25, -0.2) is 14.6 Å². The van der Waals surface area contributed by atoms with Gasteiger partial charge >= 0.3 is 0 Å². The Balaban J connectivity index is 1.40. The lowest BCUT2D eigenvalue weighted by atomic mass is 10.0. The molecule has 1 atom stereocenters. The number of anilines is 1. The van der Waals surface area contributed by atoms with E-state index in [0.29, 0.717) is 18.0 Å². The van der Waals surface area contributed by atoms with Crippen LogP contribution < -0.4 is 11.3 Å². The molecule has 6 rings (SSSR count). The summed E-state index contributed by atoms with van der Waals surface area (Å²) < 4.78 is 12.0. The summed E-state index contributed by atoms with van der Waals surface area (Å²) in [6.45, 7) is 6.87. The minimum Gasteiger partial charge on any atom is -0.383 e. The average molecular weight is 610 g/mol. The maximum Gasteiger partial charge on any atom is 0.251 e. The lowest BCUT2D eigenvalue weighted by molar-refractivity contribution is 0.0363. The molecule has 0 spiro atoms. The van der Waals surface area contributed by atoms with Crippen molar-refractivity contribution in [1.29, 1.82) is 0 Å². The molecule has 190 valence electrons. The maximum absolute atomic E-state index is 13.2. The van der Waals surface area contributed by atoms with E-state index in [1.807, 2.05) is 35.3 Å². The van der Waals surface area contributed by atoms with Gasteiger partial charge in [0, 0.05) is 61.3 Å². The minimum atomic E-state index is -0.168. The van der Waals surface area contributed by atoms with Crippen LogP contribution in [0.3, 0.4) is 0 Å². The number of pyridine rings is 2. The first-order chi connectivity index (χ1) is 18.0. The summed E-state index contributed by atoms with van der Waals surface area (Å²) in [6, 6.07) is 11.8. The quantitative estimate of drug-likeness (QED) is 0.295. The van der Waals surface area contributed by atoms with E-state index in [-0.39, 0.29) is 11.6 Å². The van der Waals surface area contributed by atoms with Crippen molar-refractivity contribution in [3.63, 3.8) is 0 Å². The minimum absolute atomic E-state index is 0.0187. The largest absolute Gasteiger partial charge is 0.383 e. The molecule has 0 saturated carbocycles. The Morgan fingerprint density at radius 3 is 2.76 bits per heavy atom. The van der Waals surface area contributed by atoms with Crippen LogP contribution in [-0.2, 0) is 11.3 Å². The summed E-state index contributed by atoms with van der Waals surface area (Å²) in [4.78, 5) is 24.1. The van der Waals surface area contributed by atoms with Crippen LogP contribution >= 0.6 is 22.6 Å². The van der Waals surface area contributed by atoms with Gasteiger partial charge in [-0.2, -0.15) is 5.10 Å². The van der Waals surface area contributed by atoms with Gasteiger partial charge in [-0.05, 0) is 53.8 Å². The number of ether oxygens (including phenoxy) is 1. The van der Waals surface area contributed by atoms with Crippen LogP contribution in [0.25, 0.3) is 27.8 Å². The number of nitrogen functional groups attached to an aromatic ring is 1. The third kappa shape index (κ3) is 4.40. The van der Waals surface area contributed by atoms with Gasteiger partial charge in [0.1, 0.15) is 15.8 Å². The first-order valence-corrected chi connectivity index (χ1v) is 13.3. The van der Waals surface area contributed by atoms with Crippen LogP contribution in [-0.4, -0.2) is 66.5 Å². The number of fused-ring (bicyclic) bond motifs is 2. The highest BCUT2D eigenvalue weighted by Gasteiger charge is 2.24. The van der Waals surface area contributed by atoms with E-state index in [2.05, 4.69) is 60.9 Å². The predicted molar refractivity (Wildman–Crippen MR) is 151 cm³/mol. The van der Waals surface area contributed by atoms with Crippen molar-refractivity contribution in [3.05, 3.63) is 74.7 Å². The van der Waals surface area contributed by atoms with Gasteiger partial charge in [0.15, 0.2) is 5.65 Å². The second-order valence-electron chi connectivity index (χ2n) is 9.21. The van der Waals surface area contributed by atoms with E-state index in [1.165, 1.54) is 6.33 Å². The van der Waals surface area contributed by atoms with Gasteiger partial charge in [0.2, 0.25) is 0 Å². The topological polar surface area (TPSA) is 108 Å². The zero-order chi connectivity index (χ0) is 25.5. The third-order valence-electron chi connectivity index (χ3n) is 7.03. The van der Waals surface area contributed by atoms with Gasteiger partial charge in [-0.15, -0.1) is 0 Å². The molecule has 10 nitrogen and oxygen atoms in total. The van der Waals surface area contributed by atoms with E-state index >= 15 is 0 Å².